The zero-order chi connectivity index (χ0) is 11.8. The van der Waals surface area contributed by atoms with Gasteiger partial charge in [-0.1, -0.05) is 26.7 Å². The smallest absolute Gasteiger partial charge is 0.252 e. The molecule has 1 amide bonds. The van der Waals surface area contributed by atoms with Crippen LogP contribution in [-0.2, 0) is 4.79 Å². The van der Waals surface area contributed by atoms with Crippen molar-refractivity contribution in [3.8, 4) is 0 Å². The molecule has 4 heteroatoms. The SMILES string of the molecule is CCN=C1NC(=O)C2(CCCC(C)C2C)N1. The molecule has 0 aromatic carbocycles. The molecule has 0 radical (unpaired) electrons. The third-order valence-corrected chi connectivity index (χ3v) is 4.16. The normalized spacial score (nSPS) is 41.2. The summed E-state index contributed by atoms with van der Waals surface area (Å²) in [5, 5.41) is 6.19. The highest BCUT2D eigenvalue weighted by atomic mass is 16.2. The molecule has 1 heterocycles. The van der Waals surface area contributed by atoms with Gasteiger partial charge in [0.05, 0.1) is 0 Å². The number of nitrogens with zero attached hydrogens (tertiary/aromatic N) is 1. The Kier molecular flexibility index (Phi) is 2.91. The number of rotatable bonds is 1. The van der Waals surface area contributed by atoms with Crippen molar-refractivity contribution in [3.63, 3.8) is 0 Å². The third kappa shape index (κ3) is 1.60. The first kappa shape index (κ1) is 11.4. The summed E-state index contributed by atoms with van der Waals surface area (Å²) in [6.07, 6.45) is 3.26. The highest BCUT2D eigenvalue weighted by Crippen LogP contribution is 2.39. The van der Waals surface area contributed by atoms with Gasteiger partial charge in [-0.25, -0.2) is 0 Å². The summed E-state index contributed by atoms with van der Waals surface area (Å²) >= 11 is 0. The van der Waals surface area contributed by atoms with Crippen LogP contribution >= 0.6 is 0 Å². The molecular formula is C12H21N3O. The second-order valence-electron chi connectivity index (χ2n) is 5.03. The van der Waals surface area contributed by atoms with Crippen molar-refractivity contribution in [3.05, 3.63) is 0 Å². The molecule has 0 aromatic rings. The highest BCUT2D eigenvalue weighted by Gasteiger charge is 2.51. The summed E-state index contributed by atoms with van der Waals surface area (Å²) in [6, 6.07) is 0. The van der Waals surface area contributed by atoms with E-state index >= 15 is 0 Å². The van der Waals surface area contributed by atoms with Gasteiger partial charge < -0.3 is 5.32 Å². The number of hydrogen-bond acceptors (Lipinski definition) is 2. The first-order valence-electron chi connectivity index (χ1n) is 6.24. The Bertz CT molecular complexity index is 326. The fourth-order valence-electron chi connectivity index (χ4n) is 2.92. The van der Waals surface area contributed by atoms with Crippen LogP contribution in [0, 0.1) is 11.8 Å². The molecule has 1 saturated heterocycles. The molecular weight excluding hydrogens is 202 g/mol. The van der Waals surface area contributed by atoms with Crippen LogP contribution in [0.3, 0.4) is 0 Å². The Morgan fingerprint density at radius 1 is 1.50 bits per heavy atom. The van der Waals surface area contributed by atoms with Gasteiger partial charge in [0, 0.05) is 6.54 Å². The van der Waals surface area contributed by atoms with Crippen molar-refractivity contribution in [2.75, 3.05) is 6.54 Å². The Labute approximate surface area is 96.9 Å². The summed E-state index contributed by atoms with van der Waals surface area (Å²) in [5.74, 6) is 1.73. The third-order valence-electron chi connectivity index (χ3n) is 4.16. The predicted octanol–water partition coefficient (Wildman–Crippen LogP) is 1.28. The van der Waals surface area contributed by atoms with E-state index in [0.717, 1.165) is 12.8 Å². The van der Waals surface area contributed by atoms with E-state index in [2.05, 4.69) is 29.5 Å². The van der Waals surface area contributed by atoms with E-state index in [4.69, 9.17) is 0 Å². The van der Waals surface area contributed by atoms with Crippen LogP contribution in [-0.4, -0.2) is 24.0 Å². The number of carbonyl (C=O) groups excluding carboxylic acids is 1. The quantitative estimate of drug-likeness (QED) is 0.703. The summed E-state index contributed by atoms with van der Waals surface area (Å²) in [6.45, 7) is 7.07. The first-order valence-corrected chi connectivity index (χ1v) is 6.24. The van der Waals surface area contributed by atoms with E-state index in [1.807, 2.05) is 6.92 Å². The number of hydrogen-bond donors (Lipinski definition) is 2. The lowest BCUT2D eigenvalue weighted by Crippen LogP contribution is -2.56. The zero-order valence-electron chi connectivity index (χ0n) is 10.3. The molecule has 0 bridgehead atoms. The first-order chi connectivity index (χ1) is 7.60. The van der Waals surface area contributed by atoms with Crippen molar-refractivity contribution in [1.82, 2.24) is 10.6 Å². The Hall–Kier alpha value is -1.06. The summed E-state index contributed by atoms with van der Waals surface area (Å²) in [4.78, 5) is 16.4. The molecule has 2 N–H and O–H groups in total. The number of guanidine groups is 1. The predicted molar refractivity (Wildman–Crippen MR) is 64.2 cm³/mol. The van der Waals surface area contributed by atoms with Crippen LogP contribution in [0.4, 0.5) is 0 Å². The van der Waals surface area contributed by atoms with Gasteiger partial charge in [0.15, 0.2) is 5.96 Å². The van der Waals surface area contributed by atoms with Gasteiger partial charge in [-0.05, 0) is 25.2 Å². The topological polar surface area (TPSA) is 53.5 Å². The molecule has 90 valence electrons. The van der Waals surface area contributed by atoms with Gasteiger partial charge in [-0.3, -0.25) is 15.1 Å². The number of aliphatic imine (C=N–C) groups is 1. The fourth-order valence-corrected chi connectivity index (χ4v) is 2.92. The van der Waals surface area contributed by atoms with E-state index in [1.165, 1.54) is 6.42 Å². The van der Waals surface area contributed by atoms with Gasteiger partial charge in [-0.15, -0.1) is 0 Å². The van der Waals surface area contributed by atoms with Crippen LogP contribution in [0.25, 0.3) is 0 Å². The number of carbonyl (C=O) groups is 1. The van der Waals surface area contributed by atoms with Gasteiger partial charge in [0.2, 0.25) is 0 Å². The lowest BCUT2D eigenvalue weighted by Gasteiger charge is -2.40. The van der Waals surface area contributed by atoms with Crippen LogP contribution < -0.4 is 10.6 Å². The van der Waals surface area contributed by atoms with Gasteiger partial charge in [-0.2, -0.15) is 0 Å². The van der Waals surface area contributed by atoms with Gasteiger partial charge >= 0.3 is 0 Å². The van der Waals surface area contributed by atoms with Crippen LogP contribution in [0.15, 0.2) is 4.99 Å². The van der Waals surface area contributed by atoms with E-state index in [1.54, 1.807) is 0 Å². The average Bonchev–Trinajstić information content (AvgIpc) is 2.54. The lowest BCUT2D eigenvalue weighted by molar-refractivity contribution is -0.127. The standard InChI is InChI=1S/C12H21N3O/c1-4-13-11-14-10(16)12(15-11)7-5-6-8(2)9(12)3/h8-9H,4-7H2,1-3H3,(H2,13,14,15,16). The summed E-state index contributed by atoms with van der Waals surface area (Å²) in [7, 11) is 0. The highest BCUT2D eigenvalue weighted by molar-refractivity contribution is 6.09. The molecule has 0 aromatic heterocycles. The van der Waals surface area contributed by atoms with Crippen molar-refractivity contribution in [2.24, 2.45) is 16.8 Å². The van der Waals surface area contributed by atoms with Crippen molar-refractivity contribution < 1.29 is 4.79 Å². The van der Waals surface area contributed by atoms with Gasteiger partial charge in [0.25, 0.3) is 5.91 Å². The van der Waals surface area contributed by atoms with Crippen LogP contribution in [0.1, 0.15) is 40.0 Å². The second-order valence-corrected chi connectivity index (χ2v) is 5.03. The number of nitrogens with one attached hydrogen (secondary N) is 2. The Morgan fingerprint density at radius 3 is 2.94 bits per heavy atom. The van der Waals surface area contributed by atoms with Crippen LogP contribution in [0.5, 0.6) is 0 Å². The molecule has 1 aliphatic carbocycles. The monoisotopic (exact) mass is 223 g/mol. The van der Waals surface area contributed by atoms with Gasteiger partial charge in [0.1, 0.15) is 5.54 Å². The van der Waals surface area contributed by atoms with E-state index < -0.39 is 5.54 Å². The van der Waals surface area contributed by atoms with Crippen molar-refractivity contribution in [1.29, 1.82) is 0 Å². The molecule has 2 aliphatic rings. The molecule has 3 unspecified atom stereocenters. The lowest BCUT2D eigenvalue weighted by atomic mass is 9.68. The molecule has 2 rings (SSSR count). The maximum absolute atomic E-state index is 12.1. The maximum Gasteiger partial charge on any atom is 0.252 e. The molecule has 1 spiro atoms. The van der Waals surface area contributed by atoms with E-state index in [-0.39, 0.29) is 5.91 Å². The minimum atomic E-state index is -0.397. The maximum atomic E-state index is 12.1. The van der Waals surface area contributed by atoms with Crippen molar-refractivity contribution in [2.45, 2.75) is 45.6 Å². The molecule has 1 aliphatic heterocycles. The largest absolute Gasteiger partial charge is 0.341 e. The minimum absolute atomic E-state index is 0.110. The average molecular weight is 223 g/mol. The Morgan fingerprint density at radius 2 is 2.25 bits per heavy atom. The summed E-state index contributed by atoms with van der Waals surface area (Å²) in [5.41, 5.74) is -0.397. The molecule has 3 atom stereocenters. The van der Waals surface area contributed by atoms with Crippen LogP contribution in [0.2, 0.25) is 0 Å². The number of amides is 1. The zero-order valence-corrected chi connectivity index (χ0v) is 10.3. The summed E-state index contributed by atoms with van der Waals surface area (Å²) < 4.78 is 0. The minimum Gasteiger partial charge on any atom is -0.341 e. The van der Waals surface area contributed by atoms with Crippen molar-refractivity contribution >= 4 is 11.9 Å². The molecule has 16 heavy (non-hydrogen) atoms. The molecule has 4 nitrogen and oxygen atoms in total. The van der Waals surface area contributed by atoms with E-state index in [9.17, 15) is 4.79 Å². The van der Waals surface area contributed by atoms with E-state index in [0.29, 0.717) is 24.3 Å². The molecule has 1 saturated carbocycles. The Balaban J connectivity index is 2.24. The molecule has 2 fully saturated rings. The second kappa shape index (κ2) is 4.07. The fraction of sp³-hybridized carbons (Fsp3) is 0.833.